The van der Waals surface area contributed by atoms with Gasteiger partial charge in [-0.15, -0.1) is 11.3 Å². The predicted molar refractivity (Wildman–Crippen MR) is 95.3 cm³/mol. The van der Waals surface area contributed by atoms with Crippen molar-refractivity contribution in [2.45, 2.75) is 6.42 Å². The maximum Gasteiger partial charge on any atom is 0.257 e. The number of thiazole rings is 1. The van der Waals surface area contributed by atoms with Gasteiger partial charge in [-0.1, -0.05) is 36.4 Å². The summed E-state index contributed by atoms with van der Waals surface area (Å²) < 4.78 is 0. The van der Waals surface area contributed by atoms with Crippen LogP contribution in [0.15, 0.2) is 66.0 Å². The van der Waals surface area contributed by atoms with Crippen molar-refractivity contribution in [2.75, 3.05) is 10.6 Å². The number of para-hydroxylation sites is 1. The fraction of sp³-hybridized carbons (Fsp3) is 0.0556. The highest BCUT2D eigenvalue weighted by atomic mass is 32.1. The minimum absolute atomic E-state index is 0.146. The summed E-state index contributed by atoms with van der Waals surface area (Å²) in [4.78, 5) is 28.3. The standard InChI is InChI=1S/C18H15N3O2S/c22-16(19-14-9-5-2-6-10-14)11-15-12-24-18(20-15)21-17(23)13-7-3-1-4-8-13/h1-10,12H,11H2,(H,19,22)(H,20,21,23). The second-order valence-corrected chi connectivity index (χ2v) is 5.91. The normalized spacial score (nSPS) is 10.2. The Morgan fingerprint density at radius 1 is 0.917 bits per heavy atom. The molecule has 2 amide bonds. The molecule has 1 heterocycles. The molecule has 0 saturated carbocycles. The number of rotatable bonds is 5. The van der Waals surface area contributed by atoms with Crippen LogP contribution in [-0.2, 0) is 11.2 Å². The van der Waals surface area contributed by atoms with Gasteiger partial charge in [0.1, 0.15) is 0 Å². The van der Waals surface area contributed by atoms with E-state index in [2.05, 4.69) is 15.6 Å². The molecule has 0 spiro atoms. The number of nitrogens with zero attached hydrogens (tertiary/aromatic N) is 1. The SMILES string of the molecule is O=C(Cc1csc(NC(=O)c2ccccc2)n1)Nc1ccccc1. The van der Waals surface area contributed by atoms with Crippen LogP contribution in [0.1, 0.15) is 16.1 Å². The van der Waals surface area contributed by atoms with E-state index in [0.29, 0.717) is 16.4 Å². The number of hydrogen-bond donors (Lipinski definition) is 2. The quantitative estimate of drug-likeness (QED) is 0.747. The van der Waals surface area contributed by atoms with Crippen LogP contribution in [0.4, 0.5) is 10.8 Å². The van der Waals surface area contributed by atoms with Crippen molar-refractivity contribution < 1.29 is 9.59 Å². The van der Waals surface area contributed by atoms with Gasteiger partial charge in [0.25, 0.3) is 5.91 Å². The molecule has 5 nitrogen and oxygen atoms in total. The van der Waals surface area contributed by atoms with Crippen LogP contribution in [-0.4, -0.2) is 16.8 Å². The van der Waals surface area contributed by atoms with E-state index < -0.39 is 0 Å². The molecule has 6 heteroatoms. The van der Waals surface area contributed by atoms with Crippen LogP contribution in [0.25, 0.3) is 0 Å². The van der Waals surface area contributed by atoms with Gasteiger partial charge in [-0.05, 0) is 24.3 Å². The van der Waals surface area contributed by atoms with Crippen LogP contribution in [0.3, 0.4) is 0 Å². The lowest BCUT2D eigenvalue weighted by molar-refractivity contribution is -0.115. The number of amides is 2. The molecule has 120 valence electrons. The number of aromatic nitrogens is 1. The lowest BCUT2D eigenvalue weighted by Gasteiger charge is -2.03. The van der Waals surface area contributed by atoms with Gasteiger partial charge >= 0.3 is 0 Å². The molecule has 0 atom stereocenters. The van der Waals surface area contributed by atoms with Gasteiger partial charge in [-0.3, -0.25) is 14.9 Å². The van der Waals surface area contributed by atoms with Gasteiger partial charge in [-0.25, -0.2) is 4.98 Å². The van der Waals surface area contributed by atoms with Crippen molar-refractivity contribution in [1.29, 1.82) is 0 Å². The van der Waals surface area contributed by atoms with E-state index in [0.717, 1.165) is 5.69 Å². The molecule has 2 aromatic carbocycles. The maximum absolute atomic E-state index is 12.1. The minimum Gasteiger partial charge on any atom is -0.326 e. The van der Waals surface area contributed by atoms with E-state index in [4.69, 9.17) is 0 Å². The smallest absolute Gasteiger partial charge is 0.257 e. The Balaban J connectivity index is 1.57. The number of anilines is 2. The van der Waals surface area contributed by atoms with Crippen molar-refractivity contribution in [1.82, 2.24) is 4.98 Å². The third-order valence-corrected chi connectivity index (χ3v) is 4.01. The van der Waals surface area contributed by atoms with Crippen LogP contribution in [0.2, 0.25) is 0 Å². The molecular weight excluding hydrogens is 322 g/mol. The zero-order chi connectivity index (χ0) is 16.8. The summed E-state index contributed by atoms with van der Waals surface area (Å²) in [6, 6.07) is 18.2. The number of carbonyl (C=O) groups excluding carboxylic acids is 2. The highest BCUT2D eigenvalue weighted by Gasteiger charge is 2.11. The Kier molecular flexibility index (Phi) is 4.98. The summed E-state index contributed by atoms with van der Waals surface area (Å²) in [6.07, 6.45) is 0.159. The first-order valence-electron chi connectivity index (χ1n) is 7.36. The lowest BCUT2D eigenvalue weighted by atomic mass is 10.2. The van der Waals surface area contributed by atoms with Crippen LogP contribution >= 0.6 is 11.3 Å². The van der Waals surface area contributed by atoms with Crippen LogP contribution in [0, 0.1) is 0 Å². The average molecular weight is 337 g/mol. The fourth-order valence-corrected chi connectivity index (χ4v) is 2.80. The monoisotopic (exact) mass is 337 g/mol. The van der Waals surface area contributed by atoms with E-state index in [1.807, 2.05) is 36.4 Å². The summed E-state index contributed by atoms with van der Waals surface area (Å²) in [6.45, 7) is 0. The van der Waals surface area contributed by atoms with E-state index in [9.17, 15) is 9.59 Å². The first-order valence-corrected chi connectivity index (χ1v) is 8.24. The summed E-state index contributed by atoms with van der Waals surface area (Å²) in [5, 5.41) is 7.79. The first kappa shape index (κ1) is 15.9. The van der Waals surface area contributed by atoms with Gasteiger partial charge in [0.2, 0.25) is 5.91 Å². The molecule has 3 rings (SSSR count). The Hall–Kier alpha value is -2.99. The summed E-state index contributed by atoms with van der Waals surface area (Å²) in [5.41, 5.74) is 1.93. The maximum atomic E-state index is 12.1. The minimum atomic E-state index is -0.217. The van der Waals surface area contributed by atoms with E-state index in [1.165, 1.54) is 11.3 Å². The van der Waals surface area contributed by atoms with Crippen LogP contribution < -0.4 is 10.6 Å². The van der Waals surface area contributed by atoms with Gasteiger partial charge < -0.3 is 5.32 Å². The molecule has 3 aromatic rings. The van der Waals surface area contributed by atoms with Crippen molar-refractivity contribution >= 4 is 34.0 Å². The van der Waals surface area contributed by atoms with Gasteiger partial charge in [-0.2, -0.15) is 0 Å². The molecule has 0 saturated heterocycles. The molecule has 1 aromatic heterocycles. The number of nitrogens with one attached hydrogen (secondary N) is 2. The summed E-state index contributed by atoms with van der Waals surface area (Å²) in [7, 11) is 0. The Morgan fingerprint density at radius 2 is 1.58 bits per heavy atom. The zero-order valence-electron chi connectivity index (χ0n) is 12.7. The van der Waals surface area contributed by atoms with Crippen molar-refractivity contribution in [3.05, 3.63) is 77.3 Å². The van der Waals surface area contributed by atoms with Gasteiger partial charge in [0.05, 0.1) is 12.1 Å². The summed E-state index contributed by atoms with van der Waals surface area (Å²) in [5.74, 6) is -0.363. The van der Waals surface area contributed by atoms with E-state index in [1.54, 1.807) is 29.6 Å². The second-order valence-electron chi connectivity index (χ2n) is 5.06. The lowest BCUT2D eigenvalue weighted by Crippen LogP contribution is -2.15. The molecule has 24 heavy (non-hydrogen) atoms. The zero-order valence-corrected chi connectivity index (χ0v) is 13.5. The number of benzene rings is 2. The molecule has 0 bridgehead atoms. The van der Waals surface area contributed by atoms with Crippen molar-refractivity contribution in [3.63, 3.8) is 0 Å². The third kappa shape index (κ3) is 4.27. The van der Waals surface area contributed by atoms with Crippen molar-refractivity contribution in [3.8, 4) is 0 Å². The number of hydrogen-bond acceptors (Lipinski definition) is 4. The predicted octanol–water partition coefficient (Wildman–Crippen LogP) is 3.58. The fourth-order valence-electron chi connectivity index (χ4n) is 2.10. The highest BCUT2D eigenvalue weighted by molar-refractivity contribution is 7.14. The van der Waals surface area contributed by atoms with Crippen LogP contribution in [0.5, 0.6) is 0 Å². The molecule has 0 radical (unpaired) electrons. The van der Waals surface area contributed by atoms with E-state index >= 15 is 0 Å². The molecule has 2 N–H and O–H groups in total. The van der Waals surface area contributed by atoms with Gasteiger partial charge in [0.15, 0.2) is 5.13 Å². The molecule has 0 aliphatic heterocycles. The summed E-state index contributed by atoms with van der Waals surface area (Å²) >= 11 is 1.30. The topological polar surface area (TPSA) is 71.1 Å². The average Bonchev–Trinajstić information content (AvgIpc) is 3.03. The Bertz CT molecular complexity index is 832. The molecule has 0 aliphatic rings. The van der Waals surface area contributed by atoms with Crippen molar-refractivity contribution in [2.24, 2.45) is 0 Å². The first-order chi connectivity index (χ1) is 11.7. The largest absolute Gasteiger partial charge is 0.326 e. The molecule has 0 aliphatic carbocycles. The highest BCUT2D eigenvalue weighted by Crippen LogP contribution is 2.17. The van der Waals surface area contributed by atoms with E-state index in [-0.39, 0.29) is 18.2 Å². The number of carbonyl (C=O) groups is 2. The van der Waals surface area contributed by atoms with Gasteiger partial charge in [0, 0.05) is 16.6 Å². The Labute approximate surface area is 143 Å². The third-order valence-electron chi connectivity index (χ3n) is 3.21. The Morgan fingerprint density at radius 3 is 2.29 bits per heavy atom. The molecule has 0 unspecified atom stereocenters. The second kappa shape index (κ2) is 7.52. The molecular formula is C18H15N3O2S. The molecule has 0 fully saturated rings.